The van der Waals surface area contributed by atoms with Crippen molar-refractivity contribution in [2.24, 2.45) is 0 Å². The van der Waals surface area contributed by atoms with E-state index in [2.05, 4.69) is 20.3 Å². The van der Waals surface area contributed by atoms with E-state index in [-0.39, 0.29) is 30.3 Å². The first-order chi connectivity index (χ1) is 14.1. The number of carbonyl (C=O) groups is 2. The highest BCUT2D eigenvalue weighted by Gasteiger charge is 2.44. The predicted molar refractivity (Wildman–Crippen MR) is 91.8 cm³/mol. The van der Waals surface area contributed by atoms with Gasteiger partial charge in [-0.05, 0) is 12.1 Å². The molecule has 1 fully saturated rings. The number of anilines is 1. The Labute approximate surface area is 159 Å². The molecule has 0 bridgehead atoms. The van der Waals surface area contributed by atoms with Crippen LogP contribution in [0.5, 0.6) is 0 Å². The number of carbonyl (C=O) groups excluding carboxylic acids is 2. The summed E-state index contributed by atoms with van der Waals surface area (Å²) in [5, 5.41) is 2.93. The van der Waals surface area contributed by atoms with Crippen molar-refractivity contribution >= 4 is 29.4 Å². The maximum atomic E-state index is 12.9. The summed E-state index contributed by atoms with van der Waals surface area (Å²) in [7, 11) is 0. The summed E-state index contributed by atoms with van der Waals surface area (Å²) in [6.07, 6.45) is 1.22. The zero-order valence-corrected chi connectivity index (χ0v) is 14.0. The van der Waals surface area contributed by atoms with Crippen LogP contribution < -0.4 is 10.2 Å². The Kier molecular flexibility index (Phi) is 3.31. The van der Waals surface area contributed by atoms with Gasteiger partial charge in [0.05, 0.1) is 10.5 Å². The molecular formula is C16H15ClN6O3. The molecule has 2 amide bonds. The summed E-state index contributed by atoms with van der Waals surface area (Å²) in [6, 6.07) is 2.93. The van der Waals surface area contributed by atoms with Gasteiger partial charge in [-0.25, -0.2) is 19.7 Å². The zero-order valence-electron chi connectivity index (χ0n) is 17.2. The van der Waals surface area contributed by atoms with Gasteiger partial charge in [-0.15, -0.1) is 0 Å². The normalized spacial score (nSPS) is 25.6. The van der Waals surface area contributed by atoms with E-state index in [0.29, 0.717) is 9.92 Å². The molecule has 9 nitrogen and oxygen atoms in total. The van der Waals surface area contributed by atoms with Crippen LogP contribution in [0.3, 0.4) is 0 Å². The number of piperazine rings is 1. The lowest BCUT2D eigenvalue weighted by Crippen LogP contribution is -2.47. The van der Waals surface area contributed by atoms with Crippen molar-refractivity contribution < 1.29 is 19.8 Å². The predicted octanol–water partition coefficient (Wildman–Crippen LogP) is 1.23. The van der Waals surface area contributed by atoms with E-state index < -0.39 is 31.2 Å². The van der Waals surface area contributed by atoms with Crippen molar-refractivity contribution in [2.45, 2.75) is 6.23 Å². The minimum absolute atomic E-state index is 0.0313. The molecule has 0 aromatic carbocycles. The van der Waals surface area contributed by atoms with Gasteiger partial charge in [-0.2, -0.15) is 0 Å². The minimum Gasteiger partial charge on any atom is -0.419 e. The molecule has 2 aliphatic heterocycles. The molecule has 10 heteroatoms. The van der Waals surface area contributed by atoms with Crippen molar-refractivity contribution in [1.29, 1.82) is 0 Å². The maximum absolute atomic E-state index is 12.9. The van der Waals surface area contributed by atoms with Crippen LogP contribution in [0.25, 0.3) is 0 Å². The highest BCUT2D eigenvalue weighted by molar-refractivity contribution is 6.30. The fraction of sp³-hybridized carbons (Fsp3) is 0.312. The van der Waals surface area contributed by atoms with Gasteiger partial charge in [0.15, 0.2) is 5.69 Å². The van der Waals surface area contributed by atoms with Crippen LogP contribution >= 0.6 is 11.6 Å². The van der Waals surface area contributed by atoms with Gasteiger partial charge in [-0.1, -0.05) is 11.6 Å². The van der Waals surface area contributed by atoms with E-state index in [4.69, 9.17) is 21.8 Å². The Hall–Kier alpha value is -2.78. The van der Waals surface area contributed by atoms with Crippen LogP contribution in [0, 0.1) is 0 Å². The average Bonchev–Trinajstić information content (AvgIpc) is 2.93. The number of hydrogen-bond donors (Lipinski definition) is 1. The summed E-state index contributed by atoms with van der Waals surface area (Å²) in [5.41, 5.74) is -0.0257. The summed E-state index contributed by atoms with van der Waals surface area (Å²) in [4.78, 5) is 39.4. The molecule has 1 unspecified atom stereocenters. The minimum atomic E-state index is -2.37. The third-order valence-corrected chi connectivity index (χ3v) is 3.92. The Bertz CT molecular complexity index is 993. The van der Waals surface area contributed by atoms with Crippen LogP contribution in [0.15, 0.2) is 30.7 Å². The molecule has 4 rings (SSSR count). The van der Waals surface area contributed by atoms with Gasteiger partial charge < -0.3 is 15.0 Å². The van der Waals surface area contributed by atoms with Gasteiger partial charge in [-0.3, -0.25) is 9.78 Å². The number of nitrogens with one attached hydrogen (secondary N) is 1. The summed E-state index contributed by atoms with van der Waals surface area (Å²) >= 11 is 5.86. The van der Waals surface area contributed by atoms with Gasteiger partial charge in [0, 0.05) is 44.7 Å². The van der Waals surface area contributed by atoms with E-state index in [9.17, 15) is 9.59 Å². The molecule has 4 heterocycles. The van der Waals surface area contributed by atoms with Crippen molar-refractivity contribution in [3.05, 3.63) is 47.1 Å². The zero-order chi connectivity index (χ0) is 21.7. The molecule has 1 saturated heterocycles. The summed E-state index contributed by atoms with van der Waals surface area (Å²) < 4.78 is 37.5. The van der Waals surface area contributed by atoms with Gasteiger partial charge in [0.25, 0.3) is 5.91 Å². The van der Waals surface area contributed by atoms with Crippen LogP contribution in [-0.4, -0.2) is 57.9 Å². The van der Waals surface area contributed by atoms with E-state index in [1.165, 1.54) is 30.7 Å². The second-order valence-electron chi connectivity index (χ2n) is 5.29. The smallest absolute Gasteiger partial charge is 0.412 e. The van der Waals surface area contributed by atoms with E-state index >= 15 is 0 Å². The lowest BCUT2D eigenvalue weighted by molar-refractivity contribution is 0.0565. The Morgan fingerprint density at radius 2 is 2.04 bits per heavy atom. The topological polar surface area (TPSA) is 101 Å². The SMILES string of the molecule is [2H]C1([2H])CNCC([2H])([2H])N1C(=O)OC1c2nccnc2C(=O)N1c1ccc(Cl)cn1. The standard InChI is InChI=1S/C16H15ClN6O3/c17-10-1-2-11(21-9-10)23-14(24)12-13(20-4-3-19-12)15(23)26-16(25)22-7-5-18-6-8-22/h1-4,9,15,18H,5-8H2/i7D2,8D2. The number of nitrogens with zero attached hydrogens (tertiary/aromatic N) is 5. The van der Waals surface area contributed by atoms with E-state index in [0.717, 1.165) is 4.90 Å². The highest BCUT2D eigenvalue weighted by Crippen LogP contribution is 2.35. The number of pyridine rings is 1. The molecule has 0 radical (unpaired) electrons. The largest absolute Gasteiger partial charge is 0.419 e. The number of halogens is 1. The van der Waals surface area contributed by atoms with Crippen LogP contribution in [0.1, 0.15) is 27.9 Å². The monoisotopic (exact) mass is 378 g/mol. The molecule has 1 N–H and O–H groups in total. The number of ether oxygens (including phenoxy) is 1. The third kappa shape index (κ3) is 2.95. The van der Waals surface area contributed by atoms with Crippen molar-refractivity contribution in [1.82, 2.24) is 25.2 Å². The Balaban J connectivity index is 1.72. The van der Waals surface area contributed by atoms with E-state index in [1.807, 2.05) is 0 Å². The molecule has 26 heavy (non-hydrogen) atoms. The molecule has 2 aromatic rings. The molecule has 1 atom stereocenters. The Morgan fingerprint density at radius 1 is 1.27 bits per heavy atom. The lowest BCUT2D eigenvalue weighted by atomic mass is 10.3. The third-order valence-electron chi connectivity index (χ3n) is 3.69. The fourth-order valence-corrected chi connectivity index (χ4v) is 2.66. The molecule has 2 aromatic heterocycles. The number of hydrogen-bond acceptors (Lipinski definition) is 7. The lowest BCUT2D eigenvalue weighted by Gasteiger charge is -2.30. The molecule has 2 aliphatic rings. The first-order valence-corrected chi connectivity index (χ1v) is 7.97. The van der Waals surface area contributed by atoms with Gasteiger partial charge in [0.1, 0.15) is 11.5 Å². The van der Waals surface area contributed by atoms with Crippen molar-refractivity contribution in [2.75, 3.05) is 31.0 Å². The first-order valence-electron chi connectivity index (χ1n) is 9.59. The van der Waals surface area contributed by atoms with E-state index in [1.54, 1.807) is 0 Å². The van der Waals surface area contributed by atoms with Crippen molar-refractivity contribution in [3.8, 4) is 0 Å². The molecule has 134 valence electrons. The molecule has 0 spiro atoms. The summed E-state index contributed by atoms with van der Waals surface area (Å²) in [5.74, 6) is -0.523. The molecule has 0 aliphatic carbocycles. The molecular weight excluding hydrogens is 360 g/mol. The maximum Gasteiger partial charge on any atom is 0.412 e. The number of aromatic nitrogens is 3. The second-order valence-corrected chi connectivity index (χ2v) is 5.73. The number of amides is 2. The van der Waals surface area contributed by atoms with Gasteiger partial charge >= 0.3 is 6.09 Å². The average molecular weight is 379 g/mol. The summed E-state index contributed by atoms with van der Waals surface area (Å²) in [6.45, 7) is -5.31. The second kappa shape index (κ2) is 6.85. The van der Waals surface area contributed by atoms with Gasteiger partial charge in [0.2, 0.25) is 6.23 Å². The quantitative estimate of drug-likeness (QED) is 0.838. The highest BCUT2D eigenvalue weighted by atomic mass is 35.5. The van der Waals surface area contributed by atoms with Crippen molar-refractivity contribution in [3.63, 3.8) is 0 Å². The number of fused-ring (bicyclic) bond motifs is 1. The number of rotatable bonds is 2. The van der Waals surface area contributed by atoms with Crippen LogP contribution in [0.4, 0.5) is 10.6 Å². The van der Waals surface area contributed by atoms with Crippen LogP contribution in [-0.2, 0) is 4.74 Å². The molecule has 0 saturated carbocycles. The first kappa shape index (κ1) is 12.6. The van der Waals surface area contributed by atoms with Crippen LogP contribution in [0.2, 0.25) is 5.02 Å². The Morgan fingerprint density at radius 3 is 2.77 bits per heavy atom. The fourth-order valence-electron chi connectivity index (χ4n) is 2.55.